The van der Waals surface area contributed by atoms with Crippen molar-refractivity contribution >= 4 is 15.9 Å². The number of benzene rings is 2. The Morgan fingerprint density at radius 3 is 2.68 bits per heavy atom. The van der Waals surface area contributed by atoms with Crippen LogP contribution >= 0.6 is 0 Å². The van der Waals surface area contributed by atoms with Gasteiger partial charge in [-0.3, -0.25) is 4.79 Å². The SMILES string of the molecule is COCCNC(=O)[C@@H]1C[C@H](Oc2ccccc2)CN1S(=O)(=O)c1ccc2c(c1)CCC2. The molecule has 1 aliphatic carbocycles. The van der Waals surface area contributed by atoms with Gasteiger partial charge in [0.15, 0.2) is 0 Å². The fourth-order valence-corrected chi connectivity index (χ4v) is 5.97. The summed E-state index contributed by atoms with van der Waals surface area (Å²) >= 11 is 0. The van der Waals surface area contributed by atoms with Crippen LogP contribution in [0.5, 0.6) is 5.75 Å². The lowest BCUT2D eigenvalue weighted by Gasteiger charge is -2.23. The predicted molar refractivity (Wildman–Crippen MR) is 117 cm³/mol. The van der Waals surface area contributed by atoms with Crippen molar-refractivity contribution in [3.63, 3.8) is 0 Å². The van der Waals surface area contributed by atoms with Gasteiger partial charge in [-0.2, -0.15) is 4.31 Å². The van der Waals surface area contributed by atoms with Crippen molar-refractivity contribution in [1.82, 2.24) is 9.62 Å². The highest BCUT2D eigenvalue weighted by Gasteiger charge is 2.45. The van der Waals surface area contributed by atoms with E-state index in [9.17, 15) is 13.2 Å². The second kappa shape index (κ2) is 9.38. The van der Waals surface area contributed by atoms with Crippen molar-refractivity contribution in [2.75, 3.05) is 26.8 Å². The zero-order chi connectivity index (χ0) is 21.8. The van der Waals surface area contributed by atoms with E-state index in [1.165, 1.54) is 9.87 Å². The molecule has 7 nitrogen and oxygen atoms in total. The predicted octanol–water partition coefficient (Wildman–Crippen LogP) is 2.15. The van der Waals surface area contributed by atoms with Crippen LogP contribution in [0, 0.1) is 0 Å². The number of carbonyl (C=O) groups is 1. The van der Waals surface area contributed by atoms with Gasteiger partial charge in [0.2, 0.25) is 15.9 Å². The zero-order valence-electron chi connectivity index (χ0n) is 17.6. The number of rotatable bonds is 8. The van der Waals surface area contributed by atoms with Crippen molar-refractivity contribution in [2.24, 2.45) is 0 Å². The monoisotopic (exact) mass is 444 g/mol. The first kappa shape index (κ1) is 21.8. The van der Waals surface area contributed by atoms with Crippen molar-refractivity contribution in [3.8, 4) is 5.75 Å². The van der Waals surface area contributed by atoms with Crippen LogP contribution in [0.4, 0.5) is 0 Å². The fourth-order valence-electron chi connectivity index (χ4n) is 4.29. The van der Waals surface area contributed by atoms with Crippen LogP contribution in [-0.4, -0.2) is 57.6 Å². The number of methoxy groups -OCH3 is 1. The Bertz CT molecular complexity index is 1030. The van der Waals surface area contributed by atoms with Crippen molar-refractivity contribution in [2.45, 2.75) is 42.7 Å². The molecule has 1 aliphatic heterocycles. The second-order valence-electron chi connectivity index (χ2n) is 7.95. The summed E-state index contributed by atoms with van der Waals surface area (Å²) in [5, 5.41) is 2.78. The maximum absolute atomic E-state index is 13.5. The van der Waals surface area contributed by atoms with Crippen LogP contribution in [0.2, 0.25) is 0 Å². The summed E-state index contributed by atoms with van der Waals surface area (Å²) < 4.78 is 39.4. The molecular weight excluding hydrogens is 416 g/mol. The van der Waals surface area contributed by atoms with Gasteiger partial charge in [0.25, 0.3) is 0 Å². The van der Waals surface area contributed by atoms with Gasteiger partial charge in [-0.05, 0) is 54.7 Å². The molecule has 2 aliphatic rings. The van der Waals surface area contributed by atoms with Gasteiger partial charge in [0.05, 0.1) is 18.0 Å². The van der Waals surface area contributed by atoms with Crippen molar-refractivity contribution < 1.29 is 22.7 Å². The average molecular weight is 445 g/mol. The summed E-state index contributed by atoms with van der Waals surface area (Å²) in [5.74, 6) is 0.323. The van der Waals surface area contributed by atoms with Crippen LogP contribution in [0.1, 0.15) is 24.0 Å². The van der Waals surface area contributed by atoms with Crippen LogP contribution < -0.4 is 10.1 Å². The molecule has 4 rings (SSSR count). The number of amides is 1. The lowest BCUT2D eigenvalue weighted by Crippen LogP contribution is -2.46. The Balaban J connectivity index is 1.58. The first-order valence-electron chi connectivity index (χ1n) is 10.6. The van der Waals surface area contributed by atoms with Gasteiger partial charge in [0, 0.05) is 20.1 Å². The van der Waals surface area contributed by atoms with E-state index in [1.807, 2.05) is 36.4 Å². The van der Waals surface area contributed by atoms with E-state index >= 15 is 0 Å². The Hall–Kier alpha value is -2.42. The number of nitrogens with one attached hydrogen (secondary N) is 1. The maximum Gasteiger partial charge on any atom is 0.243 e. The molecule has 0 spiro atoms. The van der Waals surface area contributed by atoms with Crippen LogP contribution in [0.25, 0.3) is 0 Å². The van der Waals surface area contributed by atoms with Gasteiger partial charge in [-0.15, -0.1) is 0 Å². The highest BCUT2D eigenvalue weighted by atomic mass is 32.2. The summed E-state index contributed by atoms with van der Waals surface area (Å²) in [7, 11) is -2.30. The van der Waals surface area contributed by atoms with Gasteiger partial charge in [0.1, 0.15) is 17.9 Å². The third kappa shape index (κ3) is 4.76. The van der Waals surface area contributed by atoms with Crippen molar-refractivity contribution in [1.29, 1.82) is 0 Å². The lowest BCUT2D eigenvalue weighted by molar-refractivity contribution is -0.124. The first-order chi connectivity index (χ1) is 15.0. The fraction of sp³-hybridized carbons (Fsp3) is 0.435. The molecule has 0 bridgehead atoms. The number of sulfonamides is 1. The number of hydrogen-bond acceptors (Lipinski definition) is 5. The van der Waals surface area contributed by atoms with Gasteiger partial charge >= 0.3 is 0 Å². The van der Waals surface area contributed by atoms with E-state index in [2.05, 4.69) is 5.32 Å². The molecule has 31 heavy (non-hydrogen) atoms. The number of fused-ring (bicyclic) bond motifs is 1. The minimum Gasteiger partial charge on any atom is -0.489 e. The van der Waals surface area contributed by atoms with Crippen molar-refractivity contribution in [3.05, 3.63) is 59.7 Å². The quantitative estimate of drug-likeness (QED) is 0.631. The molecule has 8 heteroatoms. The summed E-state index contributed by atoms with van der Waals surface area (Å²) in [6.45, 7) is 0.805. The molecule has 2 aromatic carbocycles. The van der Waals surface area contributed by atoms with Gasteiger partial charge in [-0.25, -0.2) is 8.42 Å². The average Bonchev–Trinajstić information content (AvgIpc) is 3.41. The Morgan fingerprint density at radius 1 is 1.13 bits per heavy atom. The Morgan fingerprint density at radius 2 is 1.90 bits per heavy atom. The molecule has 2 atom stereocenters. The molecule has 2 aromatic rings. The molecule has 0 radical (unpaired) electrons. The van der Waals surface area contributed by atoms with Gasteiger partial charge < -0.3 is 14.8 Å². The number of carbonyl (C=O) groups excluding carboxylic acids is 1. The van der Waals surface area contributed by atoms with Crippen LogP contribution in [0.15, 0.2) is 53.4 Å². The molecule has 166 valence electrons. The topological polar surface area (TPSA) is 84.9 Å². The Labute approximate surface area is 183 Å². The zero-order valence-corrected chi connectivity index (χ0v) is 18.4. The highest BCUT2D eigenvalue weighted by Crippen LogP contribution is 2.31. The highest BCUT2D eigenvalue weighted by molar-refractivity contribution is 7.89. The number of ether oxygens (including phenoxy) is 2. The van der Waals surface area contributed by atoms with E-state index in [4.69, 9.17) is 9.47 Å². The molecule has 1 amide bonds. The summed E-state index contributed by atoms with van der Waals surface area (Å²) in [4.78, 5) is 13.1. The summed E-state index contributed by atoms with van der Waals surface area (Å²) in [6, 6.07) is 13.7. The third-order valence-corrected chi connectivity index (χ3v) is 7.72. The summed E-state index contributed by atoms with van der Waals surface area (Å²) in [6.07, 6.45) is 2.79. The number of para-hydroxylation sites is 1. The van der Waals surface area contributed by atoms with E-state index < -0.39 is 22.2 Å². The van der Waals surface area contributed by atoms with E-state index in [0.29, 0.717) is 18.9 Å². The standard InChI is InChI=1S/C23H28N2O5S/c1-29-13-12-24-23(26)22-15-20(30-19-8-3-2-4-9-19)16-25(22)31(27,28)21-11-10-17-6-5-7-18(17)14-21/h2-4,8-11,14,20,22H,5-7,12-13,15-16H2,1H3,(H,24,26)/t20-,22-/m0/s1. The van der Waals surface area contributed by atoms with Crippen LogP contribution in [-0.2, 0) is 32.4 Å². The minimum atomic E-state index is -3.85. The first-order valence-corrected chi connectivity index (χ1v) is 12.0. The molecule has 0 saturated carbocycles. The Kier molecular flexibility index (Phi) is 6.60. The van der Waals surface area contributed by atoms with Gasteiger partial charge in [-0.1, -0.05) is 24.3 Å². The molecule has 0 aromatic heterocycles. The van der Waals surface area contributed by atoms with E-state index in [-0.39, 0.29) is 23.8 Å². The number of nitrogens with zero attached hydrogens (tertiary/aromatic N) is 1. The summed E-state index contributed by atoms with van der Waals surface area (Å²) in [5.41, 5.74) is 2.29. The van der Waals surface area contributed by atoms with Crippen LogP contribution in [0.3, 0.4) is 0 Å². The molecule has 0 unspecified atom stereocenters. The van der Waals surface area contributed by atoms with E-state index in [0.717, 1.165) is 24.8 Å². The minimum absolute atomic E-state index is 0.122. The molecule has 1 heterocycles. The largest absolute Gasteiger partial charge is 0.489 e. The smallest absolute Gasteiger partial charge is 0.243 e. The lowest BCUT2D eigenvalue weighted by atomic mass is 10.1. The number of aryl methyl sites for hydroxylation is 2. The molecule has 1 saturated heterocycles. The third-order valence-electron chi connectivity index (χ3n) is 5.85. The second-order valence-corrected chi connectivity index (χ2v) is 9.84. The molecule has 1 N–H and O–H groups in total. The van der Waals surface area contributed by atoms with E-state index in [1.54, 1.807) is 19.2 Å². The maximum atomic E-state index is 13.5. The molecule has 1 fully saturated rings. The normalized spacial score (nSPS) is 21.1. The molecular formula is C23H28N2O5S. The number of hydrogen-bond donors (Lipinski definition) is 1.